The van der Waals surface area contributed by atoms with E-state index in [1.807, 2.05) is 37.3 Å². The molecule has 3 aromatic rings. The van der Waals surface area contributed by atoms with Gasteiger partial charge in [0.05, 0.1) is 5.52 Å². The highest BCUT2D eigenvalue weighted by atomic mass is 19.1. The van der Waals surface area contributed by atoms with Gasteiger partial charge in [0.1, 0.15) is 17.1 Å². The van der Waals surface area contributed by atoms with Gasteiger partial charge < -0.3 is 15.0 Å². The molecule has 2 heterocycles. The first-order chi connectivity index (χ1) is 14.0. The molecule has 0 saturated carbocycles. The maximum Gasteiger partial charge on any atom is 0.267 e. The van der Waals surface area contributed by atoms with E-state index in [1.54, 1.807) is 0 Å². The highest BCUT2D eigenvalue weighted by Gasteiger charge is 2.28. The van der Waals surface area contributed by atoms with Gasteiger partial charge >= 0.3 is 0 Å². The van der Waals surface area contributed by atoms with Gasteiger partial charge in [-0.05, 0) is 55.9 Å². The number of benzene rings is 2. The van der Waals surface area contributed by atoms with E-state index < -0.39 is 23.0 Å². The van der Waals surface area contributed by atoms with Crippen molar-refractivity contribution >= 4 is 16.8 Å². The number of hydrogen-bond acceptors (Lipinski definition) is 3. The number of aromatic hydroxyl groups is 1. The highest BCUT2D eigenvalue weighted by Crippen LogP contribution is 2.35. The van der Waals surface area contributed by atoms with Gasteiger partial charge in [-0.1, -0.05) is 30.3 Å². The van der Waals surface area contributed by atoms with Crippen LogP contribution in [-0.4, -0.2) is 22.1 Å². The summed E-state index contributed by atoms with van der Waals surface area (Å²) in [7, 11) is 0. The third kappa shape index (κ3) is 3.50. The molecule has 29 heavy (non-hydrogen) atoms. The third-order valence-electron chi connectivity index (χ3n) is 5.59. The number of aryl methyl sites for hydroxylation is 2. The van der Waals surface area contributed by atoms with Crippen molar-refractivity contribution < 1.29 is 14.3 Å². The number of amides is 1. The lowest BCUT2D eigenvalue weighted by atomic mass is 9.95. The summed E-state index contributed by atoms with van der Waals surface area (Å²) < 4.78 is 15.6. The van der Waals surface area contributed by atoms with E-state index in [1.165, 1.54) is 16.7 Å². The number of halogens is 1. The van der Waals surface area contributed by atoms with Gasteiger partial charge in [-0.15, -0.1) is 0 Å². The molecule has 1 aliphatic heterocycles. The van der Waals surface area contributed by atoms with Gasteiger partial charge in [-0.2, -0.15) is 0 Å². The number of aromatic nitrogens is 1. The quantitative estimate of drug-likeness (QED) is 0.648. The Bertz CT molecular complexity index is 1140. The van der Waals surface area contributed by atoms with Crippen LogP contribution in [0.4, 0.5) is 4.39 Å². The molecule has 0 aliphatic carbocycles. The van der Waals surface area contributed by atoms with Crippen LogP contribution in [0.25, 0.3) is 10.9 Å². The average molecular weight is 394 g/mol. The predicted molar refractivity (Wildman–Crippen MR) is 110 cm³/mol. The van der Waals surface area contributed by atoms with Crippen LogP contribution in [0.5, 0.6) is 5.75 Å². The summed E-state index contributed by atoms with van der Waals surface area (Å²) in [4.78, 5) is 25.8. The van der Waals surface area contributed by atoms with Crippen molar-refractivity contribution in [2.24, 2.45) is 0 Å². The second-order valence-electron chi connectivity index (χ2n) is 7.59. The lowest BCUT2D eigenvalue weighted by Crippen LogP contribution is -2.36. The van der Waals surface area contributed by atoms with Crippen LogP contribution in [-0.2, 0) is 12.8 Å². The molecule has 2 aromatic carbocycles. The summed E-state index contributed by atoms with van der Waals surface area (Å²) in [6.07, 6.45) is 2.79. The van der Waals surface area contributed by atoms with Gasteiger partial charge in [0, 0.05) is 18.0 Å². The highest BCUT2D eigenvalue weighted by molar-refractivity contribution is 6.03. The van der Waals surface area contributed by atoms with E-state index in [0.717, 1.165) is 12.0 Å². The van der Waals surface area contributed by atoms with Crippen molar-refractivity contribution in [1.29, 1.82) is 0 Å². The maximum absolute atomic E-state index is 14.1. The van der Waals surface area contributed by atoms with E-state index in [-0.39, 0.29) is 17.0 Å². The zero-order valence-electron chi connectivity index (χ0n) is 16.2. The van der Waals surface area contributed by atoms with E-state index in [0.29, 0.717) is 36.9 Å². The first kappa shape index (κ1) is 19.2. The molecule has 0 bridgehead atoms. The number of nitrogens with zero attached hydrogens (tertiary/aromatic N) is 1. The lowest BCUT2D eigenvalue weighted by Gasteiger charge is -2.26. The second kappa shape index (κ2) is 7.70. The van der Waals surface area contributed by atoms with Crippen LogP contribution in [0.15, 0.2) is 47.3 Å². The van der Waals surface area contributed by atoms with Crippen LogP contribution in [0, 0.1) is 5.82 Å². The van der Waals surface area contributed by atoms with E-state index in [4.69, 9.17) is 0 Å². The molecular weight excluding hydrogens is 371 g/mol. The van der Waals surface area contributed by atoms with Crippen LogP contribution in [0.2, 0.25) is 0 Å². The zero-order valence-corrected chi connectivity index (χ0v) is 16.2. The van der Waals surface area contributed by atoms with Crippen molar-refractivity contribution in [1.82, 2.24) is 9.88 Å². The molecule has 0 fully saturated rings. The van der Waals surface area contributed by atoms with Crippen molar-refractivity contribution in [2.45, 2.75) is 38.6 Å². The van der Waals surface area contributed by atoms with Crippen molar-refractivity contribution in [3.05, 3.63) is 75.3 Å². The Kier molecular flexibility index (Phi) is 5.09. The monoisotopic (exact) mass is 394 g/mol. The molecule has 1 aromatic heterocycles. The van der Waals surface area contributed by atoms with Gasteiger partial charge in [0.2, 0.25) is 0 Å². The fourth-order valence-electron chi connectivity index (χ4n) is 4.12. The Morgan fingerprint density at radius 2 is 2.03 bits per heavy atom. The number of nitrogens with one attached hydrogen (secondary N) is 1. The normalized spacial score (nSPS) is 15.4. The molecule has 6 heteroatoms. The van der Waals surface area contributed by atoms with Crippen LogP contribution >= 0.6 is 0 Å². The fraction of sp³-hybridized carbons (Fsp3) is 0.304. The first-order valence-electron chi connectivity index (χ1n) is 9.89. The third-order valence-corrected chi connectivity index (χ3v) is 5.59. The van der Waals surface area contributed by atoms with E-state index >= 15 is 0 Å². The fourth-order valence-corrected chi connectivity index (χ4v) is 4.12. The molecule has 0 saturated heterocycles. The Hall–Kier alpha value is -3.15. The molecule has 0 radical (unpaired) electrons. The summed E-state index contributed by atoms with van der Waals surface area (Å²) in [5, 5.41) is 13.6. The van der Waals surface area contributed by atoms with E-state index in [9.17, 15) is 19.1 Å². The summed E-state index contributed by atoms with van der Waals surface area (Å²) in [5.74, 6) is -1.57. The lowest BCUT2D eigenvalue weighted by molar-refractivity contribution is 0.0948. The summed E-state index contributed by atoms with van der Waals surface area (Å²) >= 11 is 0. The molecule has 1 amide bonds. The van der Waals surface area contributed by atoms with Gasteiger partial charge in [-0.25, -0.2) is 4.39 Å². The van der Waals surface area contributed by atoms with E-state index in [2.05, 4.69) is 5.32 Å². The number of carbonyl (C=O) groups is 1. The number of hydrogen-bond donors (Lipinski definition) is 2. The van der Waals surface area contributed by atoms with Crippen molar-refractivity contribution in [3.8, 4) is 5.75 Å². The smallest absolute Gasteiger partial charge is 0.267 e. The molecule has 0 unspecified atom stereocenters. The number of carbonyl (C=O) groups excluding carboxylic acids is 1. The van der Waals surface area contributed by atoms with Gasteiger partial charge in [0.15, 0.2) is 0 Å². The molecule has 2 N–H and O–H groups in total. The average Bonchev–Trinajstić information content (AvgIpc) is 2.71. The minimum Gasteiger partial charge on any atom is -0.506 e. The number of rotatable bonds is 5. The Labute approximate surface area is 167 Å². The Morgan fingerprint density at radius 1 is 1.28 bits per heavy atom. The van der Waals surface area contributed by atoms with Gasteiger partial charge in [0.25, 0.3) is 11.5 Å². The second-order valence-corrected chi connectivity index (χ2v) is 7.59. The molecule has 4 rings (SSSR count). The maximum atomic E-state index is 14.1. The largest absolute Gasteiger partial charge is 0.506 e. The van der Waals surface area contributed by atoms with Crippen LogP contribution in [0.3, 0.4) is 0 Å². The number of pyridine rings is 1. The predicted octanol–water partition coefficient (Wildman–Crippen LogP) is 3.72. The zero-order chi connectivity index (χ0) is 20.5. The molecule has 1 atom stereocenters. The molecule has 150 valence electrons. The summed E-state index contributed by atoms with van der Waals surface area (Å²) in [6.45, 7) is 2.26. The topological polar surface area (TPSA) is 71.3 Å². The van der Waals surface area contributed by atoms with Crippen molar-refractivity contribution in [3.63, 3.8) is 0 Å². The summed E-state index contributed by atoms with van der Waals surface area (Å²) in [6, 6.07) is 12.4. The molecule has 1 aliphatic rings. The molecule has 5 nitrogen and oxygen atoms in total. The Balaban J connectivity index is 1.63. The molecule has 0 spiro atoms. The minimum absolute atomic E-state index is 0.131. The van der Waals surface area contributed by atoms with Crippen molar-refractivity contribution in [2.75, 3.05) is 6.54 Å². The van der Waals surface area contributed by atoms with Gasteiger partial charge in [-0.3, -0.25) is 9.59 Å². The van der Waals surface area contributed by atoms with Crippen LogP contribution in [0.1, 0.15) is 47.3 Å². The SMILES string of the molecule is C[C@@H]1CCc2cc(F)cc3c(O)c(C(=O)NCCCc4ccccc4)c(=O)n1c23. The standard InChI is InChI=1S/C23H23FN2O3/c1-14-9-10-16-12-17(24)13-18-20(16)26(14)23(29)19(21(18)27)22(28)25-11-5-8-15-6-3-2-4-7-15/h2-4,6-7,12-14,27H,5,8-11H2,1H3,(H,25,28)/t14-/m1/s1. The molecular formula is C23H23FN2O3. The minimum atomic E-state index is -0.630. The van der Waals surface area contributed by atoms with Crippen LogP contribution < -0.4 is 10.9 Å². The summed E-state index contributed by atoms with van der Waals surface area (Å²) in [5.41, 5.74) is 1.52. The first-order valence-corrected chi connectivity index (χ1v) is 9.89. The Morgan fingerprint density at radius 3 is 2.79 bits per heavy atom.